The van der Waals surface area contributed by atoms with E-state index >= 15 is 0 Å². The van der Waals surface area contributed by atoms with Crippen LogP contribution in [-0.2, 0) is 4.79 Å². The van der Waals surface area contributed by atoms with Gasteiger partial charge in [-0.2, -0.15) is 5.26 Å². The molecule has 0 unspecified atom stereocenters. The molecule has 0 saturated heterocycles. The molecule has 0 radical (unpaired) electrons. The predicted octanol–water partition coefficient (Wildman–Crippen LogP) is 5.07. The molecule has 0 aliphatic heterocycles. The number of nitrogens with zero attached hydrogens (tertiary/aromatic N) is 1. The third-order valence-electron chi connectivity index (χ3n) is 3.43. The van der Waals surface area contributed by atoms with Gasteiger partial charge in [0.05, 0.1) is 10.7 Å². The summed E-state index contributed by atoms with van der Waals surface area (Å²) in [7, 11) is 0. The van der Waals surface area contributed by atoms with Gasteiger partial charge < -0.3 is 10.6 Å². The average molecular weight is 360 g/mol. The van der Waals surface area contributed by atoms with Gasteiger partial charge in [0.2, 0.25) is 0 Å². The van der Waals surface area contributed by atoms with Gasteiger partial charge in [-0.05, 0) is 55.3 Å². The predicted molar refractivity (Wildman–Crippen MR) is 98.3 cm³/mol. The molecule has 2 N–H and O–H groups in total. The highest BCUT2D eigenvalue weighted by Crippen LogP contribution is 2.25. The molecule has 0 heterocycles. The molecule has 0 saturated carbocycles. The largest absolute Gasteiger partial charge is 0.360 e. The Bertz CT molecular complexity index is 854. The molecule has 0 atom stereocenters. The second-order valence-electron chi connectivity index (χ2n) is 5.19. The summed E-state index contributed by atoms with van der Waals surface area (Å²) >= 11 is 11.9. The van der Waals surface area contributed by atoms with Gasteiger partial charge in [-0.25, -0.2) is 0 Å². The van der Waals surface area contributed by atoms with Crippen LogP contribution in [0.4, 0.5) is 11.4 Å². The lowest BCUT2D eigenvalue weighted by atomic mass is 10.1. The minimum atomic E-state index is -0.571. The van der Waals surface area contributed by atoms with Crippen molar-refractivity contribution < 1.29 is 4.79 Å². The van der Waals surface area contributed by atoms with Crippen LogP contribution in [0.5, 0.6) is 0 Å². The zero-order valence-corrected chi connectivity index (χ0v) is 14.7. The summed E-state index contributed by atoms with van der Waals surface area (Å²) in [5, 5.41) is 15.5. The highest BCUT2D eigenvalue weighted by atomic mass is 35.5. The third-order valence-corrected chi connectivity index (χ3v) is 4.00. The van der Waals surface area contributed by atoms with E-state index in [1.54, 1.807) is 12.1 Å². The Labute approximate surface area is 150 Å². The third kappa shape index (κ3) is 4.51. The number of halogens is 2. The van der Waals surface area contributed by atoms with Gasteiger partial charge >= 0.3 is 0 Å². The molecule has 0 bridgehead atoms. The number of hydrogen-bond donors (Lipinski definition) is 2. The summed E-state index contributed by atoms with van der Waals surface area (Å²) in [6, 6.07) is 12.3. The molecule has 6 heteroatoms. The van der Waals surface area contributed by atoms with Crippen LogP contribution in [-0.4, -0.2) is 5.91 Å². The fraction of sp³-hybridized carbons (Fsp3) is 0.111. The molecule has 0 spiro atoms. The molecular weight excluding hydrogens is 345 g/mol. The first-order chi connectivity index (χ1) is 11.4. The molecule has 0 aromatic heterocycles. The summed E-state index contributed by atoms with van der Waals surface area (Å²) in [6.07, 6.45) is 1.36. The monoisotopic (exact) mass is 359 g/mol. The summed E-state index contributed by atoms with van der Waals surface area (Å²) in [5.41, 5.74) is 3.34. The van der Waals surface area contributed by atoms with Gasteiger partial charge in [0, 0.05) is 16.9 Å². The minimum Gasteiger partial charge on any atom is -0.360 e. The van der Waals surface area contributed by atoms with Crippen molar-refractivity contribution in [3.05, 3.63) is 69.3 Å². The maximum atomic E-state index is 12.2. The number of rotatable bonds is 4. The number of aryl methyl sites for hydroxylation is 2. The summed E-state index contributed by atoms with van der Waals surface area (Å²) in [5.74, 6) is -0.571. The van der Waals surface area contributed by atoms with E-state index in [9.17, 15) is 10.1 Å². The number of carbonyl (C=O) groups is 1. The average Bonchev–Trinajstić information content (AvgIpc) is 2.55. The first-order valence-electron chi connectivity index (χ1n) is 7.11. The molecule has 122 valence electrons. The fourth-order valence-electron chi connectivity index (χ4n) is 1.92. The van der Waals surface area contributed by atoms with E-state index in [1.807, 2.05) is 38.1 Å². The Hall–Kier alpha value is -2.48. The number of amides is 1. The van der Waals surface area contributed by atoms with Crippen molar-refractivity contribution in [1.29, 1.82) is 5.26 Å². The first-order valence-corrected chi connectivity index (χ1v) is 7.87. The second kappa shape index (κ2) is 7.87. The van der Waals surface area contributed by atoms with E-state index in [-0.39, 0.29) is 5.57 Å². The number of hydrogen-bond acceptors (Lipinski definition) is 3. The summed E-state index contributed by atoms with van der Waals surface area (Å²) in [6.45, 7) is 4.00. The van der Waals surface area contributed by atoms with Crippen LogP contribution in [0.3, 0.4) is 0 Å². The topological polar surface area (TPSA) is 64.9 Å². The Morgan fingerprint density at radius 1 is 1.12 bits per heavy atom. The van der Waals surface area contributed by atoms with Gasteiger partial charge in [-0.1, -0.05) is 29.3 Å². The Morgan fingerprint density at radius 3 is 2.54 bits per heavy atom. The smallest absolute Gasteiger partial charge is 0.267 e. The number of anilines is 2. The normalized spacial score (nSPS) is 10.9. The fourth-order valence-corrected chi connectivity index (χ4v) is 2.26. The number of benzene rings is 2. The van der Waals surface area contributed by atoms with E-state index in [4.69, 9.17) is 23.2 Å². The lowest BCUT2D eigenvalue weighted by molar-refractivity contribution is -0.112. The molecule has 2 rings (SSSR count). The van der Waals surface area contributed by atoms with Crippen molar-refractivity contribution in [2.45, 2.75) is 13.8 Å². The lowest BCUT2D eigenvalue weighted by Gasteiger charge is -2.08. The van der Waals surface area contributed by atoms with E-state index in [0.717, 1.165) is 11.3 Å². The molecule has 1 amide bonds. The number of nitrogens with one attached hydrogen (secondary N) is 2. The van der Waals surface area contributed by atoms with Gasteiger partial charge in [-0.3, -0.25) is 4.79 Å². The summed E-state index contributed by atoms with van der Waals surface area (Å²) in [4.78, 5) is 12.2. The quantitative estimate of drug-likeness (QED) is 0.591. The standard InChI is InChI=1S/C18H15Cl2N3O/c1-11-3-5-15(7-12(11)2)22-10-13(9-21)18(24)23-17-8-14(19)4-6-16(17)20/h3-8,10,22H,1-2H3,(H,23,24)/b13-10-. The molecule has 0 aliphatic carbocycles. The van der Waals surface area contributed by atoms with E-state index in [2.05, 4.69) is 10.6 Å². The van der Waals surface area contributed by atoms with Gasteiger partial charge in [0.25, 0.3) is 5.91 Å². The molecule has 2 aromatic rings. The second-order valence-corrected chi connectivity index (χ2v) is 6.04. The highest BCUT2D eigenvalue weighted by Gasteiger charge is 2.11. The van der Waals surface area contributed by atoms with Gasteiger partial charge in [-0.15, -0.1) is 0 Å². The van der Waals surface area contributed by atoms with Crippen molar-refractivity contribution in [1.82, 2.24) is 0 Å². The maximum Gasteiger partial charge on any atom is 0.267 e. The van der Waals surface area contributed by atoms with Crippen LogP contribution >= 0.6 is 23.2 Å². The van der Waals surface area contributed by atoms with Crippen LogP contribution in [0, 0.1) is 25.2 Å². The Balaban J connectivity index is 2.15. The SMILES string of the molecule is Cc1ccc(N/C=C(/C#N)C(=O)Nc2cc(Cl)ccc2Cl)cc1C. The van der Waals surface area contributed by atoms with Crippen LogP contribution < -0.4 is 10.6 Å². The van der Waals surface area contributed by atoms with Crippen LogP contribution in [0.1, 0.15) is 11.1 Å². The van der Waals surface area contributed by atoms with Gasteiger partial charge in [0.1, 0.15) is 11.6 Å². The van der Waals surface area contributed by atoms with Crippen molar-refractivity contribution >= 4 is 40.5 Å². The van der Waals surface area contributed by atoms with E-state index in [0.29, 0.717) is 15.7 Å². The zero-order valence-electron chi connectivity index (χ0n) is 13.2. The summed E-state index contributed by atoms with van der Waals surface area (Å²) < 4.78 is 0. The zero-order chi connectivity index (χ0) is 17.7. The first kappa shape index (κ1) is 17.9. The molecule has 24 heavy (non-hydrogen) atoms. The Kier molecular flexibility index (Phi) is 5.86. The van der Waals surface area contributed by atoms with Gasteiger partial charge in [0.15, 0.2) is 0 Å². The van der Waals surface area contributed by atoms with Crippen molar-refractivity contribution in [2.75, 3.05) is 10.6 Å². The van der Waals surface area contributed by atoms with E-state index in [1.165, 1.54) is 17.8 Å². The van der Waals surface area contributed by atoms with Crippen LogP contribution in [0.2, 0.25) is 10.0 Å². The van der Waals surface area contributed by atoms with Crippen molar-refractivity contribution in [3.63, 3.8) is 0 Å². The molecule has 0 fully saturated rings. The highest BCUT2D eigenvalue weighted by molar-refractivity contribution is 6.35. The number of nitriles is 1. The molecular formula is C18H15Cl2N3O. The molecule has 2 aromatic carbocycles. The van der Waals surface area contributed by atoms with Crippen molar-refractivity contribution in [3.8, 4) is 6.07 Å². The Morgan fingerprint density at radius 2 is 1.88 bits per heavy atom. The number of carbonyl (C=O) groups excluding carboxylic acids is 1. The van der Waals surface area contributed by atoms with Crippen molar-refractivity contribution in [2.24, 2.45) is 0 Å². The maximum absolute atomic E-state index is 12.2. The lowest BCUT2D eigenvalue weighted by Crippen LogP contribution is -2.14. The van der Waals surface area contributed by atoms with Crippen LogP contribution in [0.25, 0.3) is 0 Å². The molecule has 4 nitrogen and oxygen atoms in total. The van der Waals surface area contributed by atoms with E-state index < -0.39 is 5.91 Å². The molecule has 0 aliphatic rings. The van der Waals surface area contributed by atoms with Crippen LogP contribution in [0.15, 0.2) is 48.2 Å². The minimum absolute atomic E-state index is 0.0794.